The van der Waals surface area contributed by atoms with Crippen LogP contribution in [0.3, 0.4) is 0 Å². The molecule has 22 heavy (non-hydrogen) atoms. The van der Waals surface area contributed by atoms with Crippen LogP contribution in [0.15, 0.2) is 18.2 Å². The number of likely N-dealkylation sites (tertiary alicyclic amines) is 1. The van der Waals surface area contributed by atoms with Gasteiger partial charge in [0.25, 0.3) is 0 Å². The number of quaternary nitrogens is 1. The Hall–Kier alpha value is -1.35. The lowest BCUT2D eigenvalue weighted by Crippen LogP contribution is -2.66. The van der Waals surface area contributed by atoms with Gasteiger partial charge in [-0.2, -0.15) is 0 Å². The van der Waals surface area contributed by atoms with Crippen LogP contribution in [0.2, 0.25) is 0 Å². The van der Waals surface area contributed by atoms with Gasteiger partial charge in [0, 0.05) is 29.7 Å². The van der Waals surface area contributed by atoms with E-state index in [-0.39, 0.29) is 5.91 Å². The molecule has 0 unspecified atom stereocenters. The highest BCUT2D eigenvalue weighted by Gasteiger charge is 2.57. The lowest BCUT2D eigenvalue weighted by Gasteiger charge is -2.60. The number of carbonyl (C=O) groups is 1. The third kappa shape index (κ3) is 1.81. The van der Waals surface area contributed by atoms with Crippen molar-refractivity contribution < 1.29 is 9.28 Å². The van der Waals surface area contributed by atoms with Crippen LogP contribution in [0.4, 0.5) is 0 Å². The van der Waals surface area contributed by atoms with E-state index in [1.165, 1.54) is 49.8 Å². The Balaban J connectivity index is 1.90. The maximum atomic E-state index is 11.6. The number of likely N-dealkylation sites (N-methyl/N-ethyl adjacent to an activating group) is 1. The van der Waals surface area contributed by atoms with Gasteiger partial charge >= 0.3 is 0 Å². The quantitative estimate of drug-likeness (QED) is 0.796. The highest BCUT2D eigenvalue weighted by molar-refractivity contribution is 5.93. The fraction of sp³-hybridized carbons (Fsp3) is 0.632. The van der Waals surface area contributed by atoms with Gasteiger partial charge in [-0.1, -0.05) is 18.9 Å². The van der Waals surface area contributed by atoms with Gasteiger partial charge < -0.3 is 10.2 Å². The monoisotopic (exact) mass is 299 g/mol. The number of fused-ring (bicyclic) bond motifs is 1. The SMILES string of the molecule is C[N+]1(C)CC[C@]23CCCC[C@H]2[C@H]1Cc1ccc(C(N)=O)cc13. The standard InChI is InChI=1S/C19H26N2O/c1-21(2)10-9-19-8-4-3-5-15(19)17(21)12-13-6-7-14(18(20)22)11-16(13)19/h6-7,11,15,17H,3-5,8-10,12H2,1-2H3,(H-,20,22)/p+1/t15-,17+,19+/m0/s1. The molecule has 1 aliphatic heterocycles. The van der Waals surface area contributed by atoms with E-state index in [9.17, 15) is 4.79 Å². The molecule has 1 aromatic rings. The molecule has 0 radical (unpaired) electrons. The molecule has 1 aromatic carbocycles. The molecule has 2 bridgehead atoms. The zero-order valence-electron chi connectivity index (χ0n) is 13.8. The largest absolute Gasteiger partial charge is 0.366 e. The maximum absolute atomic E-state index is 11.6. The first kappa shape index (κ1) is 14.3. The molecule has 118 valence electrons. The van der Waals surface area contributed by atoms with E-state index in [1.54, 1.807) is 0 Å². The van der Waals surface area contributed by atoms with Crippen molar-refractivity contribution in [3.8, 4) is 0 Å². The van der Waals surface area contributed by atoms with E-state index in [1.807, 2.05) is 6.07 Å². The summed E-state index contributed by atoms with van der Waals surface area (Å²) in [5.74, 6) is 0.487. The number of amides is 1. The molecule has 1 heterocycles. The summed E-state index contributed by atoms with van der Waals surface area (Å²) >= 11 is 0. The summed E-state index contributed by atoms with van der Waals surface area (Å²) in [4.78, 5) is 11.6. The smallest absolute Gasteiger partial charge is 0.248 e. The average molecular weight is 299 g/mol. The van der Waals surface area contributed by atoms with Crippen molar-refractivity contribution in [3.63, 3.8) is 0 Å². The van der Waals surface area contributed by atoms with Crippen LogP contribution in [-0.4, -0.2) is 37.1 Å². The van der Waals surface area contributed by atoms with E-state index in [0.29, 0.717) is 11.0 Å². The second kappa shape index (κ2) is 4.58. The van der Waals surface area contributed by atoms with Gasteiger partial charge in [0.2, 0.25) is 5.91 Å². The molecular weight excluding hydrogens is 272 g/mol. The Kier molecular flexibility index (Phi) is 2.96. The molecule has 1 saturated carbocycles. The molecule has 0 aromatic heterocycles. The fourth-order valence-corrected chi connectivity index (χ4v) is 5.73. The minimum Gasteiger partial charge on any atom is -0.366 e. The van der Waals surface area contributed by atoms with Crippen LogP contribution in [0.5, 0.6) is 0 Å². The predicted molar refractivity (Wildman–Crippen MR) is 87.7 cm³/mol. The molecular formula is C19H27N2O+. The summed E-state index contributed by atoms with van der Waals surface area (Å²) in [6, 6.07) is 6.98. The van der Waals surface area contributed by atoms with Gasteiger partial charge in [-0.25, -0.2) is 0 Å². The molecule has 1 amide bonds. The summed E-state index contributed by atoms with van der Waals surface area (Å²) in [6.45, 7) is 1.25. The fourth-order valence-electron chi connectivity index (χ4n) is 5.73. The van der Waals surface area contributed by atoms with Crippen LogP contribution in [0.25, 0.3) is 0 Å². The third-order valence-electron chi connectivity index (χ3n) is 6.95. The average Bonchev–Trinajstić information content (AvgIpc) is 2.51. The highest BCUT2D eigenvalue weighted by atomic mass is 16.1. The van der Waals surface area contributed by atoms with E-state index < -0.39 is 0 Å². The molecule has 4 rings (SSSR count). The number of primary amides is 1. The number of nitrogens with two attached hydrogens (primary N) is 1. The number of carbonyl (C=O) groups excluding carboxylic acids is 1. The maximum Gasteiger partial charge on any atom is 0.248 e. The van der Waals surface area contributed by atoms with Crippen molar-refractivity contribution >= 4 is 5.91 Å². The summed E-state index contributed by atoms with van der Waals surface area (Å²) in [7, 11) is 4.82. The van der Waals surface area contributed by atoms with Crippen LogP contribution in [0, 0.1) is 5.92 Å². The van der Waals surface area contributed by atoms with Crippen molar-refractivity contribution in [3.05, 3.63) is 34.9 Å². The Morgan fingerprint density at radius 2 is 2.09 bits per heavy atom. The molecule has 1 saturated heterocycles. The number of hydrogen-bond donors (Lipinski definition) is 1. The minimum absolute atomic E-state index is 0.291. The zero-order valence-corrected chi connectivity index (χ0v) is 13.8. The first-order valence-corrected chi connectivity index (χ1v) is 8.70. The molecule has 2 aliphatic carbocycles. The number of rotatable bonds is 1. The molecule has 3 atom stereocenters. The second-order valence-electron chi connectivity index (χ2n) is 8.27. The number of nitrogens with zero attached hydrogens (tertiary/aromatic N) is 1. The summed E-state index contributed by atoms with van der Waals surface area (Å²) in [5.41, 5.74) is 9.48. The molecule has 2 fully saturated rings. The summed E-state index contributed by atoms with van der Waals surface area (Å²) in [5, 5.41) is 0. The van der Waals surface area contributed by atoms with Crippen LogP contribution in [0.1, 0.15) is 53.6 Å². The third-order valence-corrected chi connectivity index (χ3v) is 6.95. The van der Waals surface area contributed by atoms with Gasteiger partial charge in [-0.3, -0.25) is 4.79 Å². The van der Waals surface area contributed by atoms with Crippen molar-refractivity contribution in [1.29, 1.82) is 0 Å². The zero-order chi connectivity index (χ0) is 15.5. The number of benzene rings is 1. The van der Waals surface area contributed by atoms with Crippen LogP contribution >= 0.6 is 0 Å². The molecule has 3 aliphatic rings. The lowest BCUT2D eigenvalue weighted by atomic mass is 9.52. The minimum atomic E-state index is -0.291. The van der Waals surface area contributed by atoms with E-state index in [0.717, 1.165) is 22.9 Å². The van der Waals surface area contributed by atoms with Crippen molar-refractivity contribution in [2.75, 3.05) is 20.6 Å². The van der Waals surface area contributed by atoms with E-state index in [2.05, 4.69) is 26.2 Å². The van der Waals surface area contributed by atoms with Crippen LogP contribution < -0.4 is 5.73 Å². The van der Waals surface area contributed by atoms with Crippen molar-refractivity contribution in [2.24, 2.45) is 11.7 Å². The first-order valence-electron chi connectivity index (χ1n) is 8.70. The van der Waals surface area contributed by atoms with E-state index in [4.69, 9.17) is 5.73 Å². The van der Waals surface area contributed by atoms with E-state index >= 15 is 0 Å². The lowest BCUT2D eigenvalue weighted by molar-refractivity contribution is -0.927. The Morgan fingerprint density at radius 3 is 2.86 bits per heavy atom. The first-order chi connectivity index (χ1) is 10.4. The van der Waals surface area contributed by atoms with Crippen LogP contribution in [-0.2, 0) is 11.8 Å². The Bertz CT molecular complexity index is 636. The number of piperidine rings is 1. The normalized spacial score (nSPS) is 35.4. The predicted octanol–water partition coefficient (Wildman–Crippen LogP) is 2.62. The van der Waals surface area contributed by atoms with Crippen molar-refractivity contribution in [2.45, 2.75) is 50.0 Å². The highest BCUT2D eigenvalue weighted by Crippen LogP contribution is 2.56. The molecule has 3 nitrogen and oxygen atoms in total. The summed E-state index contributed by atoms with van der Waals surface area (Å²) in [6.07, 6.45) is 7.77. The van der Waals surface area contributed by atoms with Gasteiger partial charge in [0.15, 0.2) is 0 Å². The van der Waals surface area contributed by atoms with Gasteiger partial charge in [0.1, 0.15) is 0 Å². The van der Waals surface area contributed by atoms with Crippen molar-refractivity contribution in [1.82, 2.24) is 0 Å². The topological polar surface area (TPSA) is 43.1 Å². The Labute approximate surface area is 133 Å². The van der Waals surface area contributed by atoms with Gasteiger partial charge in [0.05, 0.1) is 26.7 Å². The summed E-state index contributed by atoms with van der Waals surface area (Å²) < 4.78 is 1.16. The molecule has 0 spiro atoms. The van der Waals surface area contributed by atoms with Gasteiger partial charge in [-0.05, 0) is 36.1 Å². The second-order valence-corrected chi connectivity index (χ2v) is 8.27. The number of hydrogen-bond acceptors (Lipinski definition) is 1. The van der Waals surface area contributed by atoms with Gasteiger partial charge in [-0.15, -0.1) is 0 Å². The molecule has 3 heteroatoms. The Morgan fingerprint density at radius 1 is 1.27 bits per heavy atom. The molecule has 2 N–H and O–H groups in total.